The van der Waals surface area contributed by atoms with Crippen LogP contribution < -0.4 is 5.32 Å². The third kappa shape index (κ3) is 4.57. The maximum Gasteiger partial charge on any atom is 0.237 e. The van der Waals surface area contributed by atoms with Crippen LogP contribution in [0.2, 0.25) is 0 Å². The molecule has 6 heteroatoms. The summed E-state index contributed by atoms with van der Waals surface area (Å²) in [6, 6.07) is 3.79. The van der Waals surface area contributed by atoms with Crippen LogP contribution >= 0.6 is 11.3 Å². The summed E-state index contributed by atoms with van der Waals surface area (Å²) in [5.41, 5.74) is 0. The van der Waals surface area contributed by atoms with Crippen molar-refractivity contribution in [2.75, 3.05) is 26.2 Å². The van der Waals surface area contributed by atoms with E-state index in [0.29, 0.717) is 13.0 Å². The van der Waals surface area contributed by atoms with Gasteiger partial charge in [0.15, 0.2) is 0 Å². The van der Waals surface area contributed by atoms with Gasteiger partial charge >= 0.3 is 0 Å². The molecule has 1 aromatic rings. The number of hydrogen-bond acceptors (Lipinski definition) is 4. The third-order valence-electron chi connectivity index (χ3n) is 4.96. The van der Waals surface area contributed by atoms with E-state index in [4.69, 9.17) is 0 Å². The minimum atomic E-state index is -0.334. The molecule has 5 nitrogen and oxygen atoms in total. The third-order valence-corrected chi connectivity index (χ3v) is 5.82. The molecule has 0 aliphatic carbocycles. The molecule has 3 rings (SSSR count). The average Bonchev–Trinajstić information content (AvgIpc) is 3.03. The molecule has 2 fully saturated rings. The Bertz CT molecular complexity index is 538. The van der Waals surface area contributed by atoms with Gasteiger partial charge in [-0.25, -0.2) is 0 Å². The summed E-state index contributed by atoms with van der Waals surface area (Å²) in [7, 11) is 0. The van der Waals surface area contributed by atoms with Crippen LogP contribution in [0.1, 0.15) is 43.4 Å². The molecule has 0 saturated carbocycles. The molecule has 0 aromatic carbocycles. The summed E-state index contributed by atoms with van der Waals surface area (Å²) >= 11 is 1.70. The Hall–Kier alpha value is -1.40. The van der Waals surface area contributed by atoms with E-state index in [0.717, 1.165) is 39.0 Å². The van der Waals surface area contributed by atoms with Gasteiger partial charge in [-0.15, -0.1) is 11.3 Å². The van der Waals surface area contributed by atoms with Crippen LogP contribution in [-0.4, -0.2) is 53.8 Å². The van der Waals surface area contributed by atoms with Crippen LogP contribution in [0.15, 0.2) is 17.5 Å². The van der Waals surface area contributed by atoms with Crippen molar-refractivity contribution in [3.63, 3.8) is 0 Å². The maximum absolute atomic E-state index is 12.7. The smallest absolute Gasteiger partial charge is 0.237 e. The molecule has 1 atom stereocenters. The lowest BCUT2D eigenvalue weighted by molar-refractivity contribution is -0.139. The number of likely N-dealkylation sites (tertiary alicyclic amines) is 1. The number of amides is 2. The first-order valence-corrected chi connectivity index (χ1v) is 9.94. The van der Waals surface area contributed by atoms with Gasteiger partial charge in [0.1, 0.15) is 0 Å². The first kappa shape index (κ1) is 17.4. The molecule has 3 heterocycles. The molecule has 1 N–H and O–H groups in total. The van der Waals surface area contributed by atoms with Gasteiger partial charge < -0.3 is 10.2 Å². The van der Waals surface area contributed by atoms with Gasteiger partial charge in [-0.3, -0.25) is 14.5 Å². The predicted octanol–water partition coefficient (Wildman–Crippen LogP) is 2.23. The standard InChI is InChI=1S/C18H27N3O2S/c22-17(20-9-4-2-1-3-5-10-20)13-16-18(23)19-8-11-21(16)14-15-7-6-12-24-15/h6-7,12,16H,1-5,8-11,13-14H2,(H,19,23)/t16-/m1/s1. The first-order valence-electron chi connectivity index (χ1n) is 9.06. The second kappa shape index (κ2) is 8.62. The monoisotopic (exact) mass is 349 g/mol. The van der Waals surface area contributed by atoms with Crippen molar-refractivity contribution in [2.24, 2.45) is 0 Å². The van der Waals surface area contributed by atoms with Crippen molar-refractivity contribution in [1.29, 1.82) is 0 Å². The van der Waals surface area contributed by atoms with Crippen molar-refractivity contribution >= 4 is 23.2 Å². The van der Waals surface area contributed by atoms with E-state index in [-0.39, 0.29) is 17.9 Å². The fraction of sp³-hybridized carbons (Fsp3) is 0.667. The molecule has 2 aliphatic rings. The van der Waals surface area contributed by atoms with Gasteiger partial charge in [0, 0.05) is 37.6 Å². The van der Waals surface area contributed by atoms with E-state index in [1.54, 1.807) is 11.3 Å². The predicted molar refractivity (Wildman–Crippen MR) is 95.8 cm³/mol. The van der Waals surface area contributed by atoms with Crippen molar-refractivity contribution in [3.8, 4) is 0 Å². The Labute approximate surface area is 148 Å². The minimum Gasteiger partial charge on any atom is -0.353 e. The molecule has 0 spiro atoms. The summed E-state index contributed by atoms with van der Waals surface area (Å²) < 4.78 is 0. The highest BCUT2D eigenvalue weighted by Crippen LogP contribution is 2.19. The minimum absolute atomic E-state index is 0.00167. The highest BCUT2D eigenvalue weighted by atomic mass is 32.1. The molecule has 24 heavy (non-hydrogen) atoms. The van der Waals surface area contributed by atoms with Gasteiger partial charge in [-0.1, -0.05) is 25.3 Å². The van der Waals surface area contributed by atoms with Crippen LogP contribution in [-0.2, 0) is 16.1 Å². The fourth-order valence-corrected chi connectivity index (χ4v) is 4.30. The lowest BCUT2D eigenvalue weighted by Gasteiger charge is -2.35. The molecule has 2 amide bonds. The number of rotatable bonds is 4. The van der Waals surface area contributed by atoms with Crippen LogP contribution in [0, 0.1) is 0 Å². The van der Waals surface area contributed by atoms with Gasteiger partial charge in [0.05, 0.1) is 12.5 Å². The molecule has 0 unspecified atom stereocenters. The van der Waals surface area contributed by atoms with Crippen LogP contribution in [0.3, 0.4) is 0 Å². The first-order chi connectivity index (χ1) is 11.7. The zero-order valence-electron chi connectivity index (χ0n) is 14.2. The molecule has 0 bridgehead atoms. The van der Waals surface area contributed by atoms with Crippen molar-refractivity contribution < 1.29 is 9.59 Å². The van der Waals surface area contributed by atoms with Gasteiger partial charge in [-0.05, 0) is 24.3 Å². The Balaban J connectivity index is 1.62. The molecule has 2 aliphatic heterocycles. The van der Waals surface area contributed by atoms with Gasteiger partial charge in [0.2, 0.25) is 11.8 Å². The second-order valence-electron chi connectivity index (χ2n) is 6.71. The normalized spacial score (nSPS) is 23.4. The van der Waals surface area contributed by atoms with E-state index in [1.807, 2.05) is 11.0 Å². The zero-order chi connectivity index (χ0) is 16.8. The summed E-state index contributed by atoms with van der Waals surface area (Å²) in [4.78, 5) is 30.5. The van der Waals surface area contributed by atoms with E-state index in [1.165, 1.54) is 24.1 Å². The maximum atomic E-state index is 12.7. The quantitative estimate of drug-likeness (QED) is 0.907. The Kier molecular flexibility index (Phi) is 6.26. The second-order valence-corrected chi connectivity index (χ2v) is 7.74. The van der Waals surface area contributed by atoms with Crippen LogP contribution in [0.25, 0.3) is 0 Å². The number of nitrogens with one attached hydrogen (secondary N) is 1. The number of carbonyl (C=O) groups excluding carboxylic acids is 2. The Morgan fingerprint density at radius 2 is 1.92 bits per heavy atom. The van der Waals surface area contributed by atoms with Crippen molar-refractivity contribution in [1.82, 2.24) is 15.1 Å². The molecular formula is C18H27N3O2S. The van der Waals surface area contributed by atoms with Gasteiger partial charge in [-0.2, -0.15) is 0 Å². The Morgan fingerprint density at radius 1 is 1.17 bits per heavy atom. The number of thiophene rings is 1. The van der Waals surface area contributed by atoms with Crippen molar-refractivity contribution in [3.05, 3.63) is 22.4 Å². The Morgan fingerprint density at radius 3 is 2.62 bits per heavy atom. The van der Waals surface area contributed by atoms with Crippen molar-refractivity contribution in [2.45, 2.75) is 51.1 Å². The van der Waals surface area contributed by atoms with E-state index in [2.05, 4.69) is 21.7 Å². The number of piperazine rings is 1. The number of carbonyl (C=O) groups is 2. The van der Waals surface area contributed by atoms with Crippen LogP contribution in [0.5, 0.6) is 0 Å². The largest absolute Gasteiger partial charge is 0.353 e. The van der Waals surface area contributed by atoms with Gasteiger partial charge in [0.25, 0.3) is 0 Å². The lowest BCUT2D eigenvalue weighted by Crippen LogP contribution is -2.56. The summed E-state index contributed by atoms with van der Waals surface area (Å²) in [5.74, 6) is 0.133. The molecule has 1 aromatic heterocycles. The fourth-order valence-electron chi connectivity index (χ4n) is 3.57. The molecular weight excluding hydrogens is 322 g/mol. The topological polar surface area (TPSA) is 52.7 Å². The van der Waals surface area contributed by atoms with E-state index < -0.39 is 0 Å². The summed E-state index contributed by atoms with van der Waals surface area (Å²) in [5, 5.41) is 4.98. The highest BCUT2D eigenvalue weighted by Gasteiger charge is 2.33. The highest BCUT2D eigenvalue weighted by molar-refractivity contribution is 7.09. The van der Waals surface area contributed by atoms with Crippen LogP contribution in [0.4, 0.5) is 0 Å². The number of nitrogens with zero attached hydrogens (tertiary/aromatic N) is 2. The SMILES string of the molecule is O=C1NCCN(Cc2cccs2)[C@@H]1CC(=O)N1CCCCCCC1. The average molecular weight is 350 g/mol. The van der Waals surface area contributed by atoms with E-state index >= 15 is 0 Å². The molecule has 2 saturated heterocycles. The number of hydrogen-bond donors (Lipinski definition) is 1. The summed E-state index contributed by atoms with van der Waals surface area (Å²) in [6.07, 6.45) is 6.16. The summed E-state index contributed by atoms with van der Waals surface area (Å²) in [6.45, 7) is 3.92. The zero-order valence-corrected chi connectivity index (χ0v) is 15.0. The lowest BCUT2D eigenvalue weighted by atomic mass is 10.1. The molecule has 0 radical (unpaired) electrons. The van der Waals surface area contributed by atoms with E-state index in [9.17, 15) is 9.59 Å². The molecule has 132 valence electrons.